The van der Waals surface area contributed by atoms with Crippen LogP contribution in [0.25, 0.3) is 0 Å². The number of pyridine rings is 1. The molecule has 0 fully saturated rings. The summed E-state index contributed by atoms with van der Waals surface area (Å²) in [6.45, 7) is 8.99. The van der Waals surface area contributed by atoms with Crippen LogP contribution in [0.15, 0.2) is 24.5 Å². The zero-order valence-corrected chi connectivity index (χ0v) is 10.7. The van der Waals surface area contributed by atoms with Crippen molar-refractivity contribution < 1.29 is 0 Å². The Balaban J connectivity index is 2.28. The van der Waals surface area contributed by atoms with E-state index in [1.165, 1.54) is 18.7 Å². The molecular weight excluding hydrogens is 198 g/mol. The van der Waals surface area contributed by atoms with Gasteiger partial charge in [-0.3, -0.25) is 4.98 Å². The minimum absolute atomic E-state index is 1.09. The first-order valence-corrected chi connectivity index (χ1v) is 6.11. The van der Waals surface area contributed by atoms with Gasteiger partial charge in [-0.05, 0) is 38.2 Å². The SMILES string of the molecule is CCN(CC)CCCN(C)c1cccnc1. The molecule has 0 bridgehead atoms. The van der Waals surface area contributed by atoms with Crippen molar-refractivity contribution in [3.8, 4) is 0 Å². The normalized spacial score (nSPS) is 10.8. The van der Waals surface area contributed by atoms with Crippen molar-refractivity contribution in [1.82, 2.24) is 9.88 Å². The van der Waals surface area contributed by atoms with Gasteiger partial charge in [0.1, 0.15) is 0 Å². The van der Waals surface area contributed by atoms with Gasteiger partial charge in [-0.1, -0.05) is 13.8 Å². The minimum Gasteiger partial charge on any atom is -0.373 e. The number of aromatic nitrogens is 1. The molecule has 1 heterocycles. The summed E-state index contributed by atoms with van der Waals surface area (Å²) in [7, 11) is 2.12. The highest BCUT2D eigenvalue weighted by Gasteiger charge is 2.02. The van der Waals surface area contributed by atoms with E-state index in [1.54, 1.807) is 0 Å². The Kier molecular flexibility index (Phi) is 5.86. The number of hydrogen-bond acceptors (Lipinski definition) is 3. The number of anilines is 1. The largest absolute Gasteiger partial charge is 0.373 e. The predicted molar refractivity (Wildman–Crippen MR) is 69.9 cm³/mol. The van der Waals surface area contributed by atoms with Crippen LogP contribution >= 0.6 is 0 Å². The molecule has 0 unspecified atom stereocenters. The van der Waals surface area contributed by atoms with Crippen LogP contribution in [0.5, 0.6) is 0 Å². The fourth-order valence-corrected chi connectivity index (χ4v) is 1.78. The van der Waals surface area contributed by atoms with Gasteiger partial charge in [-0.25, -0.2) is 0 Å². The van der Waals surface area contributed by atoms with E-state index in [0.29, 0.717) is 0 Å². The summed E-state index contributed by atoms with van der Waals surface area (Å²) in [4.78, 5) is 8.85. The lowest BCUT2D eigenvalue weighted by molar-refractivity contribution is 0.301. The smallest absolute Gasteiger partial charge is 0.0550 e. The fraction of sp³-hybridized carbons (Fsp3) is 0.615. The molecular formula is C13H23N3. The zero-order chi connectivity index (χ0) is 11.8. The van der Waals surface area contributed by atoms with Crippen molar-refractivity contribution in [1.29, 1.82) is 0 Å². The van der Waals surface area contributed by atoms with Crippen LogP contribution < -0.4 is 4.90 Å². The Morgan fingerprint density at radius 3 is 2.50 bits per heavy atom. The lowest BCUT2D eigenvalue weighted by Gasteiger charge is -2.22. The summed E-state index contributed by atoms with van der Waals surface area (Å²) >= 11 is 0. The summed E-state index contributed by atoms with van der Waals surface area (Å²) in [5, 5.41) is 0. The van der Waals surface area contributed by atoms with Crippen LogP contribution in [0.4, 0.5) is 5.69 Å². The van der Waals surface area contributed by atoms with Crippen LogP contribution in [0.3, 0.4) is 0 Å². The highest BCUT2D eigenvalue weighted by atomic mass is 15.1. The minimum atomic E-state index is 1.09. The van der Waals surface area contributed by atoms with Gasteiger partial charge in [-0.2, -0.15) is 0 Å². The Labute approximate surface area is 99.1 Å². The third-order valence-corrected chi connectivity index (χ3v) is 2.95. The summed E-state index contributed by atoms with van der Waals surface area (Å²) < 4.78 is 0. The Morgan fingerprint density at radius 2 is 1.94 bits per heavy atom. The second-order valence-electron chi connectivity index (χ2n) is 4.01. The number of nitrogens with zero attached hydrogens (tertiary/aromatic N) is 3. The van der Waals surface area contributed by atoms with E-state index in [2.05, 4.69) is 41.7 Å². The molecule has 0 spiro atoms. The average Bonchev–Trinajstić information content (AvgIpc) is 2.35. The van der Waals surface area contributed by atoms with E-state index in [1.807, 2.05) is 18.5 Å². The van der Waals surface area contributed by atoms with Gasteiger partial charge >= 0.3 is 0 Å². The predicted octanol–water partition coefficient (Wildman–Crippen LogP) is 2.25. The summed E-state index contributed by atoms with van der Waals surface area (Å²) in [5.74, 6) is 0. The topological polar surface area (TPSA) is 19.4 Å². The van der Waals surface area contributed by atoms with Crippen molar-refractivity contribution >= 4 is 5.69 Å². The van der Waals surface area contributed by atoms with E-state index < -0.39 is 0 Å². The number of rotatable bonds is 7. The van der Waals surface area contributed by atoms with Crippen molar-refractivity contribution in [2.45, 2.75) is 20.3 Å². The lowest BCUT2D eigenvalue weighted by Crippen LogP contribution is -2.28. The highest BCUT2D eigenvalue weighted by molar-refractivity contribution is 5.42. The third-order valence-electron chi connectivity index (χ3n) is 2.95. The number of hydrogen-bond donors (Lipinski definition) is 0. The Morgan fingerprint density at radius 1 is 1.19 bits per heavy atom. The van der Waals surface area contributed by atoms with Gasteiger partial charge < -0.3 is 9.80 Å². The molecule has 90 valence electrons. The molecule has 3 nitrogen and oxygen atoms in total. The van der Waals surface area contributed by atoms with Crippen molar-refractivity contribution in [2.24, 2.45) is 0 Å². The molecule has 0 saturated carbocycles. The van der Waals surface area contributed by atoms with Crippen LogP contribution in [-0.4, -0.2) is 43.1 Å². The van der Waals surface area contributed by atoms with Crippen molar-refractivity contribution in [3.05, 3.63) is 24.5 Å². The summed E-state index contributed by atoms with van der Waals surface area (Å²) in [6, 6.07) is 4.08. The van der Waals surface area contributed by atoms with Crippen LogP contribution in [0.2, 0.25) is 0 Å². The van der Waals surface area contributed by atoms with E-state index in [-0.39, 0.29) is 0 Å². The Bertz CT molecular complexity index is 270. The van der Waals surface area contributed by atoms with Gasteiger partial charge in [0, 0.05) is 19.8 Å². The molecule has 0 saturated heterocycles. The maximum atomic E-state index is 4.13. The van der Waals surface area contributed by atoms with Gasteiger partial charge in [0.05, 0.1) is 11.9 Å². The zero-order valence-electron chi connectivity index (χ0n) is 10.7. The molecule has 0 aliphatic rings. The highest BCUT2D eigenvalue weighted by Crippen LogP contribution is 2.09. The van der Waals surface area contributed by atoms with Crippen molar-refractivity contribution in [3.63, 3.8) is 0 Å². The lowest BCUT2D eigenvalue weighted by atomic mass is 10.3. The maximum absolute atomic E-state index is 4.13. The summed E-state index contributed by atoms with van der Waals surface area (Å²) in [5.41, 5.74) is 1.20. The molecule has 1 aromatic rings. The van der Waals surface area contributed by atoms with E-state index in [4.69, 9.17) is 0 Å². The molecule has 0 aliphatic heterocycles. The summed E-state index contributed by atoms with van der Waals surface area (Å²) in [6.07, 6.45) is 4.93. The van der Waals surface area contributed by atoms with Crippen LogP contribution in [-0.2, 0) is 0 Å². The van der Waals surface area contributed by atoms with Crippen molar-refractivity contribution in [2.75, 3.05) is 38.1 Å². The Hall–Kier alpha value is -1.09. The van der Waals surface area contributed by atoms with Crippen LogP contribution in [0.1, 0.15) is 20.3 Å². The first-order valence-electron chi connectivity index (χ1n) is 6.11. The maximum Gasteiger partial charge on any atom is 0.0550 e. The van der Waals surface area contributed by atoms with Gasteiger partial charge in [-0.15, -0.1) is 0 Å². The second kappa shape index (κ2) is 7.23. The molecule has 3 heteroatoms. The quantitative estimate of drug-likeness (QED) is 0.704. The van der Waals surface area contributed by atoms with Gasteiger partial charge in [0.15, 0.2) is 0 Å². The van der Waals surface area contributed by atoms with Gasteiger partial charge in [0.25, 0.3) is 0 Å². The first kappa shape index (κ1) is 13.0. The standard InChI is InChI=1S/C13H23N3/c1-4-16(5-2)11-7-10-15(3)13-8-6-9-14-12-13/h6,8-9,12H,4-5,7,10-11H2,1-3H3. The van der Waals surface area contributed by atoms with E-state index in [0.717, 1.165) is 19.6 Å². The fourth-order valence-electron chi connectivity index (χ4n) is 1.78. The first-order chi connectivity index (χ1) is 7.77. The molecule has 0 aromatic carbocycles. The second-order valence-corrected chi connectivity index (χ2v) is 4.01. The molecule has 0 aliphatic carbocycles. The third kappa shape index (κ3) is 4.19. The van der Waals surface area contributed by atoms with Crippen LogP contribution in [0, 0.1) is 0 Å². The molecule has 0 radical (unpaired) electrons. The molecule has 16 heavy (non-hydrogen) atoms. The van der Waals surface area contributed by atoms with E-state index >= 15 is 0 Å². The molecule has 0 atom stereocenters. The average molecular weight is 221 g/mol. The molecule has 1 rings (SSSR count). The molecule has 1 aromatic heterocycles. The van der Waals surface area contributed by atoms with E-state index in [9.17, 15) is 0 Å². The molecule has 0 amide bonds. The monoisotopic (exact) mass is 221 g/mol. The molecule has 0 N–H and O–H groups in total. The van der Waals surface area contributed by atoms with Gasteiger partial charge in [0.2, 0.25) is 0 Å².